The Morgan fingerprint density at radius 1 is 1.24 bits per heavy atom. The van der Waals surface area contributed by atoms with Crippen LogP contribution < -0.4 is 5.32 Å². The van der Waals surface area contributed by atoms with Crippen LogP contribution >= 0.6 is 11.3 Å². The Balaban J connectivity index is 1.45. The average molecular weight is 410 g/mol. The van der Waals surface area contributed by atoms with Crippen LogP contribution in [0.3, 0.4) is 0 Å². The molecule has 1 aliphatic heterocycles. The smallest absolute Gasteiger partial charge is 0.248 e. The van der Waals surface area contributed by atoms with E-state index in [1.54, 1.807) is 22.4 Å². The van der Waals surface area contributed by atoms with E-state index < -0.39 is 6.61 Å². The summed E-state index contributed by atoms with van der Waals surface area (Å²) >= 11 is 1.66. The van der Waals surface area contributed by atoms with Crippen LogP contribution in [0.25, 0.3) is 10.6 Å². The molecule has 0 atom stereocenters. The number of aliphatic hydroxyl groups is 1. The molecule has 0 aromatic carbocycles. The van der Waals surface area contributed by atoms with Gasteiger partial charge in [0, 0.05) is 31.4 Å². The SMILES string of the molecule is Cc1ccnc(Nc2cccc(-c3cnc(C4CCN(C(=O)CO)CC4)s3)n2)c1. The van der Waals surface area contributed by atoms with Crippen LogP contribution in [-0.4, -0.2) is 50.6 Å². The van der Waals surface area contributed by atoms with Gasteiger partial charge in [-0.15, -0.1) is 11.3 Å². The van der Waals surface area contributed by atoms with E-state index in [2.05, 4.69) is 15.3 Å². The van der Waals surface area contributed by atoms with E-state index in [9.17, 15) is 4.79 Å². The number of carbonyl (C=O) groups excluding carboxylic acids is 1. The Morgan fingerprint density at radius 3 is 2.83 bits per heavy atom. The minimum atomic E-state index is -0.416. The molecule has 1 aliphatic rings. The van der Waals surface area contributed by atoms with Crippen LogP contribution in [0.4, 0.5) is 11.6 Å². The number of amides is 1. The molecular formula is C21H23N5O2S. The highest BCUT2D eigenvalue weighted by atomic mass is 32.1. The predicted molar refractivity (Wildman–Crippen MR) is 113 cm³/mol. The molecule has 0 spiro atoms. The number of nitrogens with one attached hydrogen (secondary N) is 1. The van der Waals surface area contributed by atoms with E-state index in [1.807, 2.05) is 43.5 Å². The summed E-state index contributed by atoms with van der Waals surface area (Å²) in [5.41, 5.74) is 2.01. The summed E-state index contributed by atoms with van der Waals surface area (Å²) in [5.74, 6) is 1.66. The van der Waals surface area contributed by atoms with Gasteiger partial charge in [-0.05, 0) is 49.6 Å². The topological polar surface area (TPSA) is 91.2 Å². The number of aliphatic hydroxyl groups excluding tert-OH is 1. The zero-order valence-corrected chi connectivity index (χ0v) is 17.0. The van der Waals surface area contributed by atoms with Gasteiger partial charge in [0.25, 0.3) is 0 Å². The van der Waals surface area contributed by atoms with Crippen molar-refractivity contribution in [2.45, 2.75) is 25.7 Å². The van der Waals surface area contributed by atoms with Crippen molar-refractivity contribution in [3.8, 4) is 10.6 Å². The monoisotopic (exact) mass is 409 g/mol. The van der Waals surface area contributed by atoms with Gasteiger partial charge in [0.2, 0.25) is 5.91 Å². The molecule has 2 N–H and O–H groups in total. The molecule has 3 aromatic heterocycles. The largest absolute Gasteiger partial charge is 0.387 e. The lowest BCUT2D eigenvalue weighted by Crippen LogP contribution is -2.39. The fourth-order valence-electron chi connectivity index (χ4n) is 3.45. The van der Waals surface area contributed by atoms with E-state index in [-0.39, 0.29) is 5.91 Å². The molecule has 29 heavy (non-hydrogen) atoms. The standard InChI is InChI=1S/C21H23N5O2S/c1-14-5-8-22-19(11-14)25-18-4-2-3-16(24-18)17-12-23-21(29-17)15-6-9-26(10-7-15)20(28)13-27/h2-5,8,11-12,15,27H,6-7,9-10,13H2,1H3,(H,22,24,25). The first-order valence-electron chi connectivity index (χ1n) is 9.64. The number of carbonyl (C=O) groups is 1. The van der Waals surface area contributed by atoms with Gasteiger partial charge in [-0.1, -0.05) is 6.07 Å². The van der Waals surface area contributed by atoms with E-state index in [4.69, 9.17) is 10.1 Å². The minimum absolute atomic E-state index is 0.195. The molecule has 150 valence electrons. The summed E-state index contributed by atoms with van der Waals surface area (Å²) in [6, 6.07) is 9.81. The van der Waals surface area contributed by atoms with Gasteiger partial charge in [0.1, 0.15) is 18.2 Å². The molecule has 1 amide bonds. The van der Waals surface area contributed by atoms with Crippen molar-refractivity contribution in [3.63, 3.8) is 0 Å². The maximum Gasteiger partial charge on any atom is 0.248 e. The Labute approximate surface area is 173 Å². The summed E-state index contributed by atoms with van der Waals surface area (Å²) in [5, 5.41) is 13.3. The van der Waals surface area contributed by atoms with Gasteiger partial charge in [-0.25, -0.2) is 15.0 Å². The molecule has 0 radical (unpaired) electrons. The van der Waals surface area contributed by atoms with Crippen molar-refractivity contribution in [2.24, 2.45) is 0 Å². The second kappa shape index (κ2) is 8.67. The molecule has 0 unspecified atom stereocenters. The number of rotatable bonds is 5. The molecule has 0 aliphatic carbocycles. The van der Waals surface area contributed by atoms with Crippen molar-refractivity contribution < 1.29 is 9.90 Å². The zero-order valence-electron chi connectivity index (χ0n) is 16.2. The van der Waals surface area contributed by atoms with Crippen LogP contribution in [0, 0.1) is 6.92 Å². The van der Waals surface area contributed by atoms with Crippen LogP contribution in [-0.2, 0) is 4.79 Å². The van der Waals surface area contributed by atoms with Gasteiger partial charge in [-0.2, -0.15) is 0 Å². The molecule has 1 saturated heterocycles. The fourth-order valence-corrected chi connectivity index (χ4v) is 4.50. The van der Waals surface area contributed by atoms with E-state index in [1.165, 1.54) is 0 Å². The van der Waals surface area contributed by atoms with Crippen LogP contribution in [0.1, 0.15) is 29.3 Å². The molecule has 4 heterocycles. The Bertz CT molecular complexity index is 998. The van der Waals surface area contributed by atoms with Crippen LogP contribution in [0.2, 0.25) is 0 Å². The van der Waals surface area contributed by atoms with Crippen LogP contribution in [0.15, 0.2) is 42.7 Å². The first-order chi connectivity index (χ1) is 14.1. The summed E-state index contributed by atoms with van der Waals surface area (Å²) in [4.78, 5) is 28.0. The molecule has 1 fully saturated rings. The number of nitrogens with zero attached hydrogens (tertiary/aromatic N) is 4. The molecule has 7 nitrogen and oxygen atoms in total. The lowest BCUT2D eigenvalue weighted by molar-refractivity contribution is -0.135. The van der Waals surface area contributed by atoms with Crippen LogP contribution in [0.5, 0.6) is 0 Å². The third-order valence-corrected chi connectivity index (χ3v) is 6.21. The number of hydrogen-bond donors (Lipinski definition) is 2. The molecule has 0 bridgehead atoms. The lowest BCUT2D eigenvalue weighted by atomic mass is 9.97. The summed E-state index contributed by atoms with van der Waals surface area (Å²) < 4.78 is 0. The van der Waals surface area contributed by atoms with Gasteiger partial charge in [0.05, 0.1) is 15.6 Å². The molecule has 3 aromatic rings. The van der Waals surface area contributed by atoms with Crippen molar-refractivity contribution in [3.05, 3.63) is 53.3 Å². The normalized spacial score (nSPS) is 14.8. The molecule has 0 saturated carbocycles. The number of hydrogen-bond acceptors (Lipinski definition) is 7. The number of thiazole rings is 1. The second-order valence-electron chi connectivity index (χ2n) is 7.13. The third kappa shape index (κ3) is 4.60. The number of piperidine rings is 1. The first kappa shape index (κ1) is 19.5. The average Bonchev–Trinajstić information content (AvgIpc) is 3.24. The third-order valence-electron chi connectivity index (χ3n) is 5.03. The van der Waals surface area contributed by atoms with Crippen molar-refractivity contribution in [1.29, 1.82) is 0 Å². The number of pyridine rings is 2. The quantitative estimate of drug-likeness (QED) is 0.672. The van der Waals surface area contributed by atoms with Crippen molar-refractivity contribution in [1.82, 2.24) is 19.9 Å². The first-order valence-corrected chi connectivity index (χ1v) is 10.5. The second-order valence-corrected chi connectivity index (χ2v) is 8.19. The highest BCUT2D eigenvalue weighted by molar-refractivity contribution is 7.15. The van der Waals surface area contributed by atoms with E-state index in [0.717, 1.165) is 45.6 Å². The maximum absolute atomic E-state index is 11.6. The highest BCUT2D eigenvalue weighted by Gasteiger charge is 2.25. The lowest BCUT2D eigenvalue weighted by Gasteiger charge is -2.30. The predicted octanol–water partition coefficient (Wildman–Crippen LogP) is 3.35. The molecule has 4 rings (SSSR count). The Morgan fingerprint density at radius 2 is 2.07 bits per heavy atom. The van der Waals surface area contributed by atoms with E-state index >= 15 is 0 Å². The summed E-state index contributed by atoms with van der Waals surface area (Å²) in [6.07, 6.45) is 5.39. The fraction of sp³-hybridized carbons (Fsp3) is 0.333. The van der Waals surface area contributed by atoms with E-state index in [0.29, 0.717) is 19.0 Å². The van der Waals surface area contributed by atoms with Gasteiger partial charge in [0.15, 0.2) is 0 Å². The summed E-state index contributed by atoms with van der Waals surface area (Å²) in [7, 11) is 0. The Hall–Kier alpha value is -2.84. The summed E-state index contributed by atoms with van der Waals surface area (Å²) in [6.45, 7) is 2.94. The van der Waals surface area contributed by atoms with Crippen molar-refractivity contribution in [2.75, 3.05) is 25.0 Å². The number of aryl methyl sites for hydroxylation is 1. The van der Waals surface area contributed by atoms with Gasteiger partial charge >= 0.3 is 0 Å². The maximum atomic E-state index is 11.6. The van der Waals surface area contributed by atoms with Gasteiger partial charge < -0.3 is 15.3 Å². The number of anilines is 2. The number of aromatic nitrogens is 3. The number of likely N-dealkylation sites (tertiary alicyclic amines) is 1. The molecule has 8 heteroatoms. The highest BCUT2D eigenvalue weighted by Crippen LogP contribution is 2.34. The molecular weight excluding hydrogens is 386 g/mol. The zero-order chi connectivity index (χ0) is 20.2. The Kier molecular flexibility index (Phi) is 5.82. The van der Waals surface area contributed by atoms with Gasteiger partial charge in [-0.3, -0.25) is 4.79 Å². The van der Waals surface area contributed by atoms with Crippen molar-refractivity contribution >= 4 is 28.9 Å². The minimum Gasteiger partial charge on any atom is -0.387 e.